The lowest BCUT2D eigenvalue weighted by Crippen LogP contribution is -2.22. The molecule has 1 fully saturated rings. The largest absolute Gasteiger partial charge is 0.446 e. The van der Waals surface area contributed by atoms with E-state index in [4.69, 9.17) is 19.4 Å². The van der Waals surface area contributed by atoms with Crippen molar-refractivity contribution in [2.24, 2.45) is 0 Å². The Balaban J connectivity index is 1.39. The van der Waals surface area contributed by atoms with Crippen molar-refractivity contribution >= 4 is 47.9 Å². The molecule has 0 aliphatic heterocycles. The van der Waals surface area contributed by atoms with Gasteiger partial charge in [0.2, 0.25) is 0 Å². The quantitative estimate of drug-likeness (QED) is 0.236. The Kier molecular flexibility index (Phi) is 6.77. The second kappa shape index (κ2) is 9.37. The average Bonchev–Trinajstić information content (AvgIpc) is 3.45. The molecule has 1 saturated carbocycles. The number of carbonyl (C=O) groups is 1. The Bertz CT molecular complexity index is 1050. The molecule has 0 amide bonds. The molecule has 31 heavy (non-hydrogen) atoms. The van der Waals surface area contributed by atoms with Crippen LogP contribution in [0.25, 0.3) is 11.2 Å². The van der Waals surface area contributed by atoms with E-state index in [1.54, 1.807) is 12.4 Å². The third-order valence-electron chi connectivity index (χ3n) is 5.55. The molecule has 3 aromatic rings. The summed E-state index contributed by atoms with van der Waals surface area (Å²) in [5.41, 5.74) is 2.72. The monoisotopic (exact) mass is 553 g/mol. The molecule has 0 radical (unpaired) electrons. The molecule has 0 aromatic carbocycles. The number of hydrogen-bond donors (Lipinski definition) is 0. The molecule has 1 aliphatic carbocycles. The minimum Gasteiger partial charge on any atom is -0.446 e. The van der Waals surface area contributed by atoms with Crippen LogP contribution in [0.3, 0.4) is 0 Å². The third-order valence-corrected chi connectivity index (χ3v) is 8.05. The summed E-state index contributed by atoms with van der Waals surface area (Å²) in [7, 11) is -1.10. The van der Waals surface area contributed by atoms with Crippen LogP contribution in [0.1, 0.15) is 30.9 Å². The summed E-state index contributed by atoms with van der Waals surface area (Å²) in [6, 6.07) is 1.15. The van der Waals surface area contributed by atoms with Crippen molar-refractivity contribution in [1.29, 1.82) is 0 Å². The topological polar surface area (TPSA) is 84.1 Å². The molecule has 0 spiro atoms. The first-order valence-electron chi connectivity index (χ1n) is 10.6. The van der Waals surface area contributed by atoms with Gasteiger partial charge in [-0.3, -0.25) is 0 Å². The second-order valence-electron chi connectivity index (χ2n) is 9.25. The molecule has 0 bridgehead atoms. The highest BCUT2D eigenvalue weighted by atomic mass is 127. The van der Waals surface area contributed by atoms with Gasteiger partial charge in [-0.25, -0.2) is 24.3 Å². The van der Waals surface area contributed by atoms with Crippen LogP contribution in [0.5, 0.6) is 0 Å². The van der Waals surface area contributed by atoms with Crippen molar-refractivity contribution in [2.75, 3.05) is 6.61 Å². The number of rotatable bonds is 7. The Hall–Kier alpha value is -1.79. The zero-order chi connectivity index (χ0) is 22.0. The van der Waals surface area contributed by atoms with Crippen LogP contribution in [0.4, 0.5) is 4.79 Å². The predicted molar refractivity (Wildman–Crippen MR) is 129 cm³/mol. The van der Waals surface area contributed by atoms with Crippen LogP contribution < -0.4 is 0 Å². The number of aromatic nitrogens is 5. The van der Waals surface area contributed by atoms with Gasteiger partial charge in [-0.05, 0) is 47.9 Å². The van der Waals surface area contributed by atoms with E-state index in [2.05, 4.69) is 47.2 Å². The van der Waals surface area contributed by atoms with Crippen LogP contribution in [0.2, 0.25) is 25.7 Å². The minimum atomic E-state index is -1.10. The fourth-order valence-electron chi connectivity index (χ4n) is 3.75. The van der Waals surface area contributed by atoms with Crippen LogP contribution in [0.15, 0.2) is 31.1 Å². The van der Waals surface area contributed by atoms with E-state index in [0.717, 1.165) is 52.3 Å². The van der Waals surface area contributed by atoms with Crippen molar-refractivity contribution in [1.82, 2.24) is 24.1 Å². The summed E-state index contributed by atoms with van der Waals surface area (Å²) >= 11 is 2.31. The lowest BCUT2D eigenvalue weighted by Gasteiger charge is -2.15. The van der Waals surface area contributed by atoms with E-state index in [0.29, 0.717) is 6.73 Å². The summed E-state index contributed by atoms with van der Waals surface area (Å²) in [6.45, 7) is 8.32. The second-order valence-corrected chi connectivity index (χ2v) is 16.0. The molecule has 10 heteroatoms. The number of hydrogen-bond acceptors (Lipinski definition) is 6. The molecule has 0 unspecified atom stereocenters. The normalized spacial score (nSPS) is 19.2. The fraction of sp³-hybridized carbons (Fsp3) is 0.524. The number of fused-ring (bicyclic) bond motifs is 1. The molecule has 1 aliphatic rings. The van der Waals surface area contributed by atoms with Gasteiger partial charge in [0.25, 0.3) is 0 Å². The van der Waals surface area contributed by atoms with Crippen LogP contribution in [-0.4, -0.2) is 51.0 Å². The van der Waals surface area contributed by atoms with E-state index in [1.165, 1.54) is 10.9 Å². The molecular formula is C21H28IN5O3Si. The number of carbonyl (C=O) groups excluding carboxylic acids is 1. The Morgan fingerprint density at radius 2 is 2.16 bits per heavy atom. The molecular weight excluding hydrogens is 525 g/mol. The van der Waals surface area contributed by atoms with E-state index in [9.17, 15) is 4.79 Å². The Morgan fingerprint density at radius 1 is 1.32 bits per heavy atom. The first-order chi connectivity index (χ1) is 14.8. The fourth-order valence-corrected chi connectivity index (χ4v) is 5.20. The van der Waals surface area contributed by atoms with Gasteiger partial charge in [0.05, 0.1) is 15.5 Å². The summed E-state index contributed by atoms with van der Waals surface area (Å²) in [5.74, 6) is 0.240. The van der Waals surface area contributed by atoms with Crippen LogP contribution >= 0.6 is 22.6 Å². The zero-order valence-corrected chi connectivity index (χ0v) is 21.3. The highest BCUT2D eigenvalue weighted by molar-refractivity contribution is 14.1. The summed E-state index contributed by atoms with van der Waals surface area (Å²) in [6.07, 6.45) is 10.5. The maximum absolute atomic E-state index is 12.1. The van der Waals surface area contributed by atoms with Gasteiger partial charge < -0.3 is 14.0 Å². The van der Waals surface area contributed by atoms with E-state index < -0.39 is 8.07 Å². The van der Waals surface area contributed by atoms with Crippen molar-refractivity contribution in [3.05, 3.63) is 40.4 Å². The number of imidazole rings is 1. The van der Waals surface area contributed by atoms with Gasteiger partial charge in [-0.2, -0.15) is 0 Å². The molecule has 2 atom stereocenters. The molecule has 166 valence electrons. The maximum Gasteiger partial charge on any atom is 0.419 e. The third kappa shape index (κ3) is 5.53. The molecule has 3 aromatic heterocycles. The van der Waals surface area contributed by atoms with Crippen molar-refractivity contribution in [2.45, 2.75) is 63.7 Å². The van der Waals surface area contributed by atoms with Gasteiger partial charge in [0.1, 0.15) is 24.7 Å². The first-order valence-corrected chi connectivity index (χ1v) is 15.4. The SMILES string of the molecule is C[Si](C)(C)CCOCn1cc(I)c2nc([C@H]3CC[C@@H](OC(=O)n4ccnc4)C3)cnc21. The predicted octanol–water partition coefficient (Wildman–Crippen LogP) is 4.87. The lowest BCUT2D eigenvalue weighted by molar-refractivity contribution is 0.0898. The molecule has 0 saturated heterocycles. The molecule has 4 rings (SSSR count). The van der Waals surface area contributed by atoms with E-state index >= 15 is 0 Å². The van der Waals surface area contributed by atoms with Crippen LogP contribution in [0, 0.1) is 3.57 Å². The summed E-state index contributed by atoms with van der Waals surface area (Å²) < 4.78 is 16.0. The summed E-state index contributed by atoms with van der Waals surface area (Å²) in [4.78, 5) is 25.7. The zero-order valence-electron chi connectivity index (χ0n) is 18.1. The molecule has 3 heterocycles. The number of nitrogens with zero attached hydrogens (tertiary/aromatic N) is 5. The first kappa shape index (κ1) is 22.4. The Labute approximate surface area is 196 Å². The lowest BCUT2D eigenvalue weighted by atomic mass is 10.0. The average molecular weight is 553 g/mol. The van der Waals surface area contributed by atoms with Gasteiger partial charge in [0, 0.05) is 39.2 Å². The smallest absolute Gasteiger partial charge is 0.419 e. The molecule has 0 N–H and O–H groups in total. The van der Waals surface area contributed by atoms with E-state index in [-0.39, 0.29) is 18.1 Å². The standard InChI is InChI=1S/C21H28IN5O3Si/c1-31(2,3)9-8-29-14-27-12-17(22)19-20(27)24-11-18(25-19)15-4-5-16(10-15)30-21(28)26-7-6-23-13-26/h6-7,11-13,15-16H,4-5,8-10,14H2,1-3H3/t15-,16+/m0/s1. The highest BCUT2D eigenvalue weighted by Gasteiger charge is 2.30. The summed E-state index contributed by atoms with van der Waals surface area (Å²) in [5, 5.41) is 0. The van der Waals surface area contributed by atoms with Gasteiger partial charge >= 0.3 is 6.09 Å². The van der Waals surface area contributed by atoms with Crippen molar-refractivity contribution in [3.63, 3.8) is 0 Å². The van der Waals surface area contributed by atoms with Gasteiger partial charge in [-0.1, -0.05) is 19.6 Å². The van der Waals surface area contributed by atoms with E-state index in [1.807, 2.05) is 17.0 Å². The number of halogens is 1. The maximum atomic E-state index is 12.1. The molecule has 8 nitrogen and oxygen atoms in total. The van der Waals surface area contributed by atoms with Crippen molar-refractivity contribution < 1.29 is 14.3 Å². The Morgan fingerprint density at radius 3 is 2.90 bits per heavy atom. The van der Waals surface area contributed by atoms with Gasteiger partial charge in [-0.15, -0.1) is 0 Å². The minimum absolute atomic E-state index is 0.110. The van der Waals surface area contributed by atoms with Crippen LogP contribution in [-0.2, 0) is 16.2 Å². The van der Waals surface area contributed by atoms with Crippen molar-refractivity contribution in [3.8, 4) is 0 Å². The number of ether oxygens (including phenoxy) is 2. The highest BCUT2D eigenvalue weighted by Crippen LogP contribution is 2.36. The van der Waals surface area contributed by atoms with Gasteiger partial charge in [0.15, 0.2) is 5.65 Å².